The molecule has 1 saturated heterocycles. The van der Waals surface area contributed by atoms with Crippen molar-refractivity contribution in [1.82, 2.24) is 10.2 Å². The van der Waals surface area contributed by atoms with Crippen molar-refractivity contribution in [2.75, 3.05) is 19.6 Å². The van der Waals surface area contributed by atoms with Crippen molar-refractivity contribution in [3.63, 3.8) is 0 Å². The number of nitrogens with one attached hydrogen (secondary N) is 1. The third-order valence-corrected chi connectivity index (χ3v) is 4.96. The van der Waals surface area contributed by atoms with Crippen molar-refractivity contribution in [3.8, 4) is 0 Å². The van der Waals surface area contributed by atoms with Crippen LogP contribution < -0.4 is 5.32 Å². The lowest BCUT2D eigenvalue weighted by atomic mass is 9.89. The van der Waals surface area contributed by atoms with Crippen LogP contribution in [-0.2, 0) is 4.79 Å². The van der Waals surface area contributed by atoms with Crippen LogP contribution in [0.15, 0.2) is 54.6 Å². The highest BCUT2D eigenvalue weighted by Gasteiger charge is 2.27. The molecule has 0 radical (unpaired) electrons. The van der Waals surface area contributed by atoms with Crippen molar-refractivity contribution < 1.29 is 14.4 Å². The molecule has 0 spiro atoms. The number of carbonyl (C=O) groups is 3. The Morgan fingerprint density at radius 2 is 1.63 bits per heavy atom. The summed E-state index contributed by atoms with van der Waals surface area (Å²) < 4.78 is 0. The molecule has 2 aromatic carbocycles. The molecule has 1 aliphatic heterocycles. The topological polar surface area (TPSA) is 66.5 Å². The fourth-order valence-electron chi connectivity index (χ4n) is 3.39. The first-order valence-corrected chi connectivity index (χ1v) is 9.26. The predicted octanol–water partition coefficient (Wildman–Crippen LogP) is 2.85. The highest BCUT2D eigenvalue weighted by molar-refractivity contribution is 5.98. The summed E-state index contributed by atoms with van der Waals surface area (Å²) in [6, 6.07) is 16.5. The Balaban J connectivity index is 1.47. The minimum Gasteiger partial charge on any atom is -0.343 e. The van der Waals surface area contributed by atoms with E-state index in [-0.39, 0.29) is 30.1 Å². The molecule has 2 amide bonds. The summed E-state index contributed by atoms with van der Waals surface area (Å²) in [6.07, 6.45) is 1.32. The van der Waals surface area contributed by atoms with Gasteiger partial charge in [0.2, 0.25) is 5.91 Å². The smallest absolute Gasteiger partial charge is 0.251 e. The summed E-state index contributed by atoms with van der Waals surface area (Å²) in [5.41, 5.74) is 2.28. The van der Waals surface area contributed by atoms with Gasteiger partial charge in [-0.15, -0.1) is 0 Å². The van der Waals surface area contributed by atoms with Gasteiger partial charge in [-0.05, 0) is 31.9 Å². The largest absolute Gasteiger partial charge is 0.343 e. The number of hydrogen-bond donors (Lipinski definition) is 1. The summed E-state index contributed by atoms with van der Waals surface area (Å²) in [6.45, 7) is 2.98. The molecule has 0 saturated carbocycles. The molecular formula is C22H24N2O3. The number of likely N-dealkylation sites (tertiary alicyclic amines) is 1. The van der Waals surface area contributed by atoms with E-state index in [1.807, 2.05) is 49.4 Å². The molecule has 3 rings (SSSR count). The van der Waals surface area contributed by atoms with Gasteiger partial charge in [-0.1, -0.05) is 48.0 Å². The molecule has 0 atom stereocenters. The summed E-state index contributed by atoms with van der Waals surface area (Å²) in [5, 5.41) is 2.69. The van der Waals surface area contributed by atoms with Crippen LogP contribution in [0, 0.1) is 12.8 Å². The van der Waals surface area contributed by atoms with E-state index < -0.39 is 0 Å². The Bertz CT molecular complexity index is 824. The standard InChI is InChI=1S/C22H24N2O3/c1-16-6-5-9-19(14-16)22(27)23-15-20(25)24-12-10-18(11-13-24)21(26)17-7-3-2-4-8-17/h2-9,14,18H,10-13,15H2,1H3,(H,23,27). The van der Waals surface area contributed by atoms with Crippen LogP contribution in [0.3, 0.4) is 0 Å². The van der Waals surface area contributed by atoms with Crippen LogP contribution in [0.5, 0.6) is 0 Å². The van der Waals surface area contributed by atoms with E-state index in [1.165, 1.54) is 0 Å². The predicted molar refractivity (Wildman–Crippen MR) is 104 cm³/mol. The van der Waals surface area contributed by atoms with Gasteiger partial charge >= 0.3 is 0 Å². The molecule has 1 N–H and O–H groups in total. The fourth-order valence-corrected chi connectivity index (χ4v) is 3.39. The molecule has 2 aromatic rings. The Morgan fingerprint density at radius 1 is 0.963 bits per heavy atom. The molecule has 5 heteroatoms. The van der Waals surface area contributed by atoms with Gasteiger partial charge < -0.3 is 10.2 Å². The normalized spacial score (nSPS) is 14.6. The number of rotatable bonds is 5. The number of piperidine rings is 1. The Hall–Kier alpha value is -2.95. The maximum atomic E-state index is 12.5. The summed E-state index contributed by atoms with van der Waals surface area (Å²) in [5.74, 6) is -0.253. The minimum absolute atomic E-state index is 0.0237. The number of amides is 2. The van der Waals surface area contributed by atoms with Crippen molar-refractivity contribution >= 4 is 17.6 Å². The lowest BCUT2D eigenvalue weighted by Crippen LogP contribution is -2.45. The van der Waals surface area contributed by atoms with Crippen LogP contribution >= 0.6 is 0 Å². The SMILES string of the molecule is Cc1cccc(C(=O)NCC(=O)N2CCC(C(=O)c3ccccc3)CC2)c1. The first-order valence-electron chi connectivity index (χ1n) is 9.26. The molecule has 1 aliphatic rings. The van der Waals surface area contributed by atoms with E-state index in [4.69, 9.17) is 0 Å². The van der Waals surface area contributed by atoms with Gasteiger partial charge in [-0.25, -0.2) is 0 Å². The summed E-state index contributed by atoms with van der Waals surface area (Å²) in [7, 11) is 0. The highest BCUT2D eigenvalue weighted by Crippen LogP contribution is 2.21. The van der Waals surface area contributed by atoms with E-state index in [1.54, 1.807) is 17.0 Å². The molecule has 1 fully saturated rings. The quantitative estimate of drug-likeness (QED) is 0.830. The average molecular weight is 364 g/mol. The number of ketones is 1. The molecule has 0 bridgehead atoms. The monoisotopic (exact) mass is 364 g/mol. The lowest BCUT2D eigenvalue weighted by Gasteiger charge is -2.31. The second-order valence-corrected chi connectivity index (χ2v) is 6.94. The molecule has 0 aromatic heterocycles. The van der Waals surface area contributed by atoms with Crippen LogP contribution in [0.1, 0.15) is 39.1 Å². The van der Waals surface area contributed by atoms with E-state index >= 15 is 0 Å². The molecule has 140 valence electrons. The number of benzene rings is 2. The van der Waals surface area contributed by atoms with E-state index in [0.29, 0.717) is 31.5 Å². The number of hydrogen-bond acceptors (Lipinski definition) is 3. The number of nitrogens with zero attached hydrogens (tertiary/aromatic N) is 1. The molecular weight excluding hydrogens is 340 g/mol. The van der Waals surface area contributed by atoms with E-state index in [9.17, 15) is 14.4 Å². The van der Waals surface area contributed by atoms with Gasteiger partial charge in [0.15, 0.2) is 5.78 Å². The summed E-state index contributed by atoms with van der Waals surface area (Å²) in [4.78, 5) is 38.8. The highest BCUT2D eigenvalue weighted by atomic mass is 16.2. The van der Waals surface area contributed by atoms with Gasteiger partial charge in [-0.2, -0.15) is 0 Å². The lowest BCUT2D eigenvalue weighted by molar-refractivity contribution is -0.131. The zero-order valence-corrected chi connectivity index (χ0v) is 15.5. The Kier molecular flexibility index (Phi) is 6.01. The van der Waals surface area contributed by atoms with Gasteiger partial charge in [-0.3, -0.25) is 14.4 Å². The molecule has 5 nitrogen and oxygen atoms in total. The Morgan fingerprint density at radius 3 is 2.30 bits per heavy atom. The molecule has 0 aliphatic carbocycles. The van der Waals surface area contributed by atoms with Gasteiger partial charge in [0, 0.05) is 30.1 Å². The van der Waals surface area contributed by atoms with Crippen molar-refractivity contribution in [2.45, 2.75) is 19.8 Å². The molecule has 27 heavy (non-hydrogen) atoms. The average Bonchev–Trinajstić information content (AvgIpc) is 2.72. The van der Waals surface area contributed by atoms with Crippen molar-refractivity contribution in [1.29, 1.82) is 0 Å². The van der Waals surface area contributed by atoms with Gasteiger partial charge in [0.05, 0.1) is 6.54 Å². The van der Waals surface area contributed by atoms with Crippen molar-refractivity contribution in [2.24, 2.45) is 5.92 Å². The second kappa shape index (κ2) is 8.62. The first kappa shape index (κ1) is 18.8. The first-order chi connectivity index (χ1) is 13.0. The number of aryl methyl sites for hydroxylation is 1. The molecule has 0 unspecified atom stereocenters. The third kappa shape index (κ3) is 4.82. The maximum Gasteiger partial charge on any atom is 0.251 e. The third-order valence-electron chi connectivity index (χ3n) is 4.96. The van der Waals surface area contributed by atoms with Gasteiger partial charge in [0.25, 0.3) is 5.91 Å². The van der Waals surface area contributed by atoms with Crippen LogP contribution in [0.4, 0.5) is 0 Å². The summed E-state index contributed by atoms with van der Waals surface area (Å²) >= 11 is 0. The minimum atomic E-state index is -0.249. The molecule has 1 heterocycles. The van der Waals surface area contributed by atoms with Gasteiger partial charge in [0.1, 0.15) is 0 Å². The maximum absolute atomic E-state index is 12.5. The zero-order chi connectivity index (χ0) is 19.2. The van der Waals surface area contributed by atoms with Crippen molar-refractivity contribution in [3.05, 3.63) is 71.3 Å². The number of Topliss-reactive ketones (excluding diaryl/α,β-unsaturated/α-hetero) is 1. The number of carbonyl (C=O) groups excluding carboxylic acids is 3. The fraction of sp³-hybridized carbons (Fsp3) is 0.318. The second-order valence-electron chi connectivity index (χ2n) is 6.94. The van der Waals surface area contributed by atoms with E-state index in [0.717, 1.165) is 11.1 Å². The van der Waals surface area contributed by atoms with Crippen LogP contribution in [0.25, 0.3) is 0 Å². The van der Waals surface area contributed by atoms with Crippen LogP contribution in [-0.4, -0.2) is 42.1 Å². The van der Waals surface area contributed by atoms with Crippen LogP contribution in [0.2, 0.25) is 0 Å². The zero-order valence-electron chi connectivity index (χ0n) is 15.5. The van der Waals surface area contributed by atoms with E-state index in [2.05, 4.69) is 5.32 Å². The Labute approximate surface area is 159 Å².